The number of benzene rings is 1. The molecule has 2 N–H and O–H groups in total. The van der Waals surface area contributed by atoms with Crippen LogP contribution in [-0.4, -0.2) is 53.7 Å². The summed E-state index contributed by atoms with van der Waals surface area (Å²) >= 11 is 0. The molecule has 3 amide bonds. The van der Waals surface area contributed by atoms with E-state index in [0.29, 0.717) is 17.7 Å². The number of carbonyl (C=O) groups excluding carboxylic acids is 3. The van der Waals surface area contributed by atoms with Crippen LogP contribution in [0.2, 0.25) is 0 Å². The van der Waals surface area contributed by atoms with Crippen LogP contribution in [0.4, 0.5) is 0 Å². The van der Waals surface area contributed by atoms with E-state index in [1.54, 1.807) is 25.2 Å². The third-order valence-corrected chi connectivity index (χ3v) is 3.82. The molecule has 7 heteroatoms. The van der Waals surface area contributed by atoms with E-state index in [4.69, 9.17) is 5.73 Å². The quantitative estimate of drug-likeness (QED) is 0.831. The van der Waals surface area contributed by atoms with Crippen molar-refractivity contribution in [3.05, 3.63) is 34.9 Å². The van der Waals surface area contributed by atoms with Crippen LogP contribution in [0.5, 0.6) is 0 Å². The number of imide groups is 1. The van der Waals surface area contributed by atoms with Crippen LogP contribution < -0.4 is 5.73 Å². The van der Waals surface area contributed by atoms with Crippen LogP contribution in [0.25, 0.3) is 0 Å². The summed E-state index contributed by atoms with van der Waals surface area (Å²) in [6.45, 7) is 3.72. The zero-order valence-corrected chi connectivity index (χ0v) is 13.6. The molecule has 2 rings (SSSR count). The van der Waals surface area contributed by atoms with Gasteiger partial charge in [0.25, 0.3) is 11.8 Å². The molecule has 1 atom stereocenters. The van der Waals surface area contributed by atoms with Gasteiger partial charge in [0.05, 0.1) is 11.1 Å². The maximum Gasteiger partial charge on any atom is 0.262 e. The molecule has 6 nitrogen and oxygen atoms in total. The Kier molecular flexibility index (Phi) is 5.68. The fourth-order valence-electron chi connectivity index (χ4n) is 2.20. The van der Waals surface area contributed by atoms with E-state index in [2.05, 4.69) is 0 Å². The van der Waals surface area contributed by atoms with Crippen molar-refractivity contribution >= 4 is 30.1 Å². The molecule has 0 radical (unpaired) electrons. The number of hydrogen-bond acceptors (Lipinski definition) is 4. The predicted octanol–water partition coefficient (Wildman–Crippen LogP) is 0.818. The largest absolute Gasteiger partial charge is 0.340 e. The molecule has 0 spiro atoms. The lowest BCUT2D eigenvalue weighted by molar-refractivity contribution is -0.131. The minimum absolute atomic E-state index is 0. The van der Waals surface area contributed by atoms with Gasteiger partial charge in [0.15, 0.2) is 0 Å². The fraction of sp³-hybridized carbons (Fsp3) is 0.400. The minimum atomic E-state index is -0.419. The SMILES string of the molecule is Cc1ccc2c(c1)C(=O)N(CC(=O)N(C)C(C)CN)C2=O.Cl. The number of nitrogens with zero attached hydrogens (tertiary/aromatic N) is 2. The third-order valence-electron chi connectivity index (χ3n) is 3.82. The number of amides is 3. The molecule has 0 saturated heterocycles. The van der Waals surface area contributed by atoms with E-state index in [0.717, 1.165) is 10.5 Å². The summed E-state index contributed by atoms with van der Waals surface area (Å²) in [4.78, 5) is 39.1. The van der Waals surface area contributed by atoms with Gasteiger partial charge in [0.1, 0.15) is 6.54 Å². The number of carbonyl (C=O) groups is 3. The van der Waals surface area contributed by atoms with Gasteiger partial charge in [-0.2, -0.15) is 0 Å². The molecule has 0 bridgehead atoms. The van der Waals surface area contributed by atoms with Crippen LogP contribution in [0.1, 0.15) is 33.2 Å². The standard InChI is InChI=1S/C15H19N3O3.ClH/c1-9-4-5-11-12(6-9)15(21)18(14(11)20)8-13(19)17(3)10(2)7-16;/h4-6,10H,7-8,16H2,1-3H3;1H. The highest BCUT2D eigenvalue weighted by atomic mass is 35.5. The zero-order valence-electron chi connectivity index (χ0n) is 12.8. The molecule has 1 heterocycles. The average molecular weight is 326 g/mol. The molecule has 0 saturated carbocycles. The topological polar surface area (TPSA) is 83.7 Å². The van der Waals surface area contributed by atoms with Crippen LogP contribution in [-0.2, 0) is 4.79 Å². The molecule has 1 aliphatic rings. The second-order valence-corrected chi connectivity index (χ2v) is 5.33. The van der Waals surface area contributed by atoms with Gasteiger partial charge in [-0.3, -0.25) is 19.3 Å². The summed E-state index contributed by atoms with van der Waals surface area (Å²) in [5.41, 5.74) is 7.14. The Morgan fingerprint density at radius 1 is 1.27 bits per heavy atom. The maximum absolute atomic E-state index is 12.3. The van der Waals surface area contributed by atoms with Crippen molar-refractivity contribution in [3.8, 4) is 0 Å². The summed E-state index contributed by atoms with van der Waals surface area (Å²) in [6.07, 6.45) is 0. The van der Waals surface area contributed by atoms with Crippen LogP contribution in [0, 0.1) is 6.92 Å². The van der Waals surface area contributed by atoms with Crippen molar-refractivity contribution in [2.75, 3.05) is 20.1 Å². The Morgan fingerprint density at radius 3 is 2.45 bits per heavy atom. The van der Waals surface area contributed by atoms with Crippen molar-refractivity contribution in [3.63, 3.8) is 0 Å². The highest BCUT2D eigenvalue weighted by molar-refractivity contribution is 6.22. The van der Waals surface area contributed by atoms with E-state index in [9.17, 15) is 14.4 Å². The molecular weight excluding hydrogens is 306 g/mol. The van der Waals surface area contributed by atoms with Crippen LogP contribution >= 0.6 is 12.4 Å². The highest BCUT2D eigenvalue weighted by Gasteiger charge is 2.37. The first kappa shape index (κ1) is 18.1. The van der Waals surface area contributed by atoms with E-state index in [1.165, 1.54) is 4.90 Å². The Labute approximate surface area is 135 Å². The van der Waals surface area contributed by atoms with Gasteiger partial charge < -0.3 is 10.6 Å². The fourth-order valence-corrected chi connectivity index (χ4v) is 2.20. The Balaban J connectivity index is 0.00000242. The average Bonchev–Trinajstić information content (AvgIpc) is 2.70. The van der Waals surface area contributed by atoms with E-state index >= 15 is 0 Å². The van der Waals surface area contributed by atoms with E-state index in [-0.39, 0.29) is 30.9 Å². The van der Waals surface area contributed by atoms with Gasteiger partial charge in [-0.1, -0.05) is 11.6 Å². The Morgan fingerprint density at radius 2 is 1.86 bits per heavy atom. The van der Waals surface area contributed by atoms with Gasteiger partial charge in [-0.15, -0.1) is 12.4 Å². The monoisotopic (exact) mass is 325 g/mol. The summed E-state index contributed by atoms with van der Waals surface area (Å²) < 4.78 is 0. The number of nitrogens with two attached hydrogens (primary N) is 1. The smallest absolute Gasteiger partial charge is 0.262 e. The number of rotatable bonds is 4. The van der Waals surface area contributed by atoms with Crippen molar-refractivity contribution in [2.45, 2.75) is 19.9 Å². The Hall–Kier alpha value is -1.92. The molecule has 1 unspecified atom stereocenters. The first-order chi connectivity index (χ1) is 9.86. The van der Waals surface area contributed by atoms with E-state index in [1.807, 2.05) is 13.8 Å². The summed E-state index contributed by atoms with van der Waals surface area (Å²) in [7, 11) is 1.61. The second kappa shape index (κ2) is 6.89. The number of hydrogen-bond donors (Lipinski definition) is 1. The normalized spacial score (nSPS) is 14.5. The molecule has 120 valence electrons. The van der Waals surface area contributed by atoms with Gasteiger partial charge >= 0.3 is 0 Å². The van der Waals surface area contributed by atoms with Gasteiger partial charge in [-0.05, 0) is 26.0 Å². The summed E-state index contributed by atoms with van der Waals surface area (Å²) in [6, 6.07) is 4.93. The first-order valence-corrected chi connectivity index (χ1v) is 6.79. The minimum Gasteiger partial charge on any atom is -0.340 e. The van der Waals surface area contributed by atoms with Crippen molar-refractivity contribution in [2.24, 2.45) is 5.73 Å². The van der Waals surface area contributed by atoms with E-state index < -0.39 is 11.8 Å². The number of halogens is 1. The number of fused-ring (bicyclic) bond motifs is 1. The molecule has 1 aliphatic heterocycles. The molecule has 0 aliphatic carbocycles. The lowest BCUT2D eigenvalue weighted by Crippen LogP contribution is -2.46. The number of likely N-dealkylation sites (N-methyl/N-ethyl adjacent to an activating group) is 1. The van der Waals surface area contributed by atoms with Gasteiger partial charge in [0.2, 0.25) is 5.91 Å². The third kappa shape index (κ3) is 3.13. The van der Waals surface area contributed by atoms with Gasteiger partial charge in [-0.25, -0.2) is 0 Å². The summed E-state index contributed by atoms with van der Waals surface area (Å²) in [5, 5.41) is 0. The zero-order chi connectivity index (χ0) is 15.7. The second-order valence-electron chi connectivity index (χ2n) is 5.33. The van der Waals surface area contributed by atoms with Crippen molar-refractivity contribution in [1.82, 2.24) is 9.80 Å². The van der Waals surface area contributed by atoms with Gasteiger partial charge in [0, 0.05) is 19.6 Å². The molecule has 22 heavy (non-hydrogen) atoms. The molecular formula is C15H20ClN3O3. The van der Waals surface area contributed by atoms with Crippen LogP contribution in [0.15, 0.2) is 18.2 Å². The number of aryl methyl sites for hydroxylation is 1. The summed E-state index contributed by atoms with van der Waals surface area (Å²) in [5.74, 6) is -1.14. The molecule has 1 aromatic rings. The first-order valence-electron chi connectivity index (χ1n) is 6.79. The predicted molar refractivity (Wildman–Crippen MR) is 85.1 cm³/mol. The molecule has 0 aromatic heterocycles. The van der Waals surface area contributed by atoms with Crippen molar-refractivity contribution < 1.29 is 14.4 Å². The lowest BCUT2D eigenvalue weighted by atomic mass is 10.1. The highest BCUT2D eigenvalue weighted by Crippen LogP contribution is 2.23. The maximum atomic E-state index is 12.3. The van der Waals surface area contributed by atoms with Crippen molar-refractivity contribution in [1.29, 1.82) is 0 Å². The Bertz CT molecular complexity index is 618. The molecule has 0 fully saturated rings. The van der Waals surface area contributed by atoms with Crippen LogP contribution in [0.3, 0.4) is 0 Å². The molecule has 1 aromatic carbocycles. The lowest BCUT2D eigenvalue weighted by Gasteiger charge is -2.25.